The Labute approximate surface area is 138 Å². The van der Waals surface area contributed by atoms with E-state index in [2.05, 4.69) is 70.1 Å². The number of hydrogen-bond donors (Lipinski definition) is 1. The van der Waals surface area contributed by atoms with Gasteiger partial charge in [-0.25, -0.2) is 0 Å². The fraction of sp³-hybridized carbons (Fsp3) is 0.412. The Bertz CT molecular complexity index is 577. The molecule has 1 N–H and O–H groups in total. The van der Waals surface area contributed by atoms with E-state index < -0.39 is 0 Å². The van der Waals surface area contributed by atoms with Gasteiger partial charge in [0.1, 0.15) is 0 Å². The van der Waals surface area contributed by atoms with Crippen molar-refractivity contribution in [2.45, 2.75) is 24.3 Å². The van der Waals surface area contributed by atoms with E-state index in [0.29, 0.717) is 6.04 Å². The van der Waals surface area contributed by atoms with Crippen LogP contribution in [0.2, 0.25) is 0 Å². The van der Waals surface area contributed by atoms with Crippen LogP contribution in [-0.4, -0.2) is 20.3 Å². The first kappa shape index (κ1) is 15.2. The van der Waals surface area contributed by atoms with Crippen molar-refractivity contribution in [3.05, 3.63) is 56.7 Å². The largest absolute Gasteiger partial charge is 0.381 e. The van der Waals surface area contributed by atoms with E-state index in [1.54, 1.807) is 0 Å². The molecule has 0 amide bonds. The van der Waals surface area contributed by atoms with Gasteiger partial charge in [0, 0.05) is 28.0 Å². The minimum atomic E-state index is 0.0988. The number of likely N-dealkylation sites (N-methyl/N-ethyl adjacent to an activating group) is 1. The summed E-state index contributed by atoms with van der Waals surface area (Å²) in [6.07, 6.45) is 2.10. The first-order valence-corrected chi connectivity index (χ1v) is 8.98. The van der Waals surface area contributed by atoms with Crippen LogP contribution in [0.1, 0.15) is 29.3 Å². The van der Waals surface area contributed by atoms with E-state index in [4.69, 9.17) is 4.74 Å². The van der Waals surface area contributed by atoms with Gasteiger partial charge in [0.05, 0.1) is 6.04 Å². The third-order valence-corrected chi connectivity index (χ3v) is 6.42. The molecule has 1 aliphatic rings. The van der Waals surface area contributed by atoms with Crippen LogP contribution in [0.3, 0.4) is 0 Å². The first-order chi connectivity index (χ1) is 10.3. The van der Waals surface area contributed by atoms with Gasteiger partial charge >= 0.3 is 0 Å². The van der Waals surface area contributed by atoms with Crippen molar-refractivity contribution in [2.24, 2.45) is 0 Å². The number of ether oxygens (including phenoxy) is 1. The lowest BCUT2D eigenvalue weighted by molar-refractivity contribution is 0.0356. The fourth-order valence-electron chi connectivity index (χ4n) is 3.42. The zero-order valence-electron chi connectivity index (χ0n) is 12.1. The molecule has 0 saturated carbocycles. The predicted octanol–water partition coefficient (Wildman–Crippen LogP) is 4.52. The molecule has 4 heteroatoms. The van der Waals surface area contributed by atoms with Crippen molar-refractivity contribution in [1.82, 2.24) is 5.32 Å². The van der Waals surface area contributed by atoms with Crippen molar-refractivity contribution >= 4 is 27.3 Å². The normalized spacial score (nSPS) is 19.3. The van der Waals surface area contributed by atoms with Gasteiger partial charge in [-0.05, 0) is 52.8 Å². The van der Waals surface area contributed by atoms with Gasteiger partial charge < -0.3 is 10.1 Å². The summed E-state index contributed by atoms with van der Waals surface area (Å²) in [5, 5.41) is 5.73. The monoisotopic (exact) mass is 365 g/mol. The lowest BCUT2D eigenvalue weighted by Gasteiger charge is -2.44. The Balaban J connectivity index is 2.08. The van der Waals surface area contributed by atoms with Crippen LogP contribution in [0, 0.1) is 0 Å². The van der Waals surface area contributed by atoms with Crippen molar-refractivity contribution in [3.8, 4) is 0 Å². The molecule has 3 rings (SSSR count). The maximum atomic E-state index is 5.65. The molecule has 2 aromatic rings. The summed E-state index contributed by atoms with van der Waals surface area (Å²) in [5.41, 5.74) is 1.51. The molecule has 1 aliphatic heterocycles. The van der Waals surface area contributed by atoms with Crippen molar-refractivity contribution < 1.29 is 4.74 Å². The highest BCUT2D eigenvalue weighted by Crippen LogP contribution is 2.47. The molecule has 1 fully saturated rings. The van der Waals surface area contributed by atoms with E-state index >= 15 is 0 Å². The Morgan fingerprint density at radius 1 is 1.19 bits per heavy atom. The third-order valence-electron chi connectivity index (χ3n) is 4.48. The predicted molar refractivity (Wildman–Crippen MR) is 92.0 cm³/mol. The zero-order chi connectivity index (χ0) is 14.7. The highest BCUT2D eigenvalue weighted by molar-refractivity contribution is 9.10. The van der Waals surface area contributed by atoms with Crippen LogP contribution >= 0.6 is 27.3 Å². The van der Waals surface area contributed by atoms with Crippen LogP contribution in [0.4, 0.5) is 0 Å². The van der Waals surface area contributed by atoms with Gasteiger partial charge in [-0.3, -0.25) is 0 Å². The van der Waals surface area contributed by atoms with Gasteiger partial charge in [0.2, 0.25) is 0 Å². The second-order valence-corrected chi connectivity index (χ2v) is 7.29. The molecule has 112 valence electrons. The Morgan fingerprint density at radius 2 is 1.90 bits per heavy atom. The summed E-state index contributed by atoms with van der Waals surface area (Å²) in [6.45, 7) is 1.66. The molecule has 21 heavy (non-hydrogen) atoms. The van der Waals surface area contributed by atoms with Gasteiger partial charge in [0.25, 0.3) is 0 Å². The minimum absolute atomic E-state index is 0.0988. The standard InChI is InChI=1S/C17H20BrNOS/c1-19-16(15-14(18)7-12-21-15)17(8-10-20-11-9-17)13-5-3-2-4-6-13/h2-7,12,16,19H,8-11H2,1H3. The van der Waals surface area contributed by atoms with E-state index in [9.17, 15) is 0 Å². The second-order valence-electron chi connectivity index (χ2n) is 5.49. The molecule has 0 radical (unpaired) electrons. The number of benzene rings is 1. The lowest BCUT2D eigenvalue weighted by atomic mass is 9.68. The average molecular weight is 366 g/mol. The molecule has 2 nitrogen and oxygen atoms in total. The zero-order valence-corrected chi connectivity index (χ0v) is 14.5. The molecule has 0 spiro atoms. The van der Waals surface area contributed by atoms with E-state index in [0.717, 1.165) is 26.1 Å². The van der Waals surface area contributed by atoms with Gasteiger partial charge in [-0.15, -0.1) is 11.3 Å². The first-order valence-electron chi connectivity index (χ1n) is 7.31. The number of halogens is 1. The molecule has 0 bridgehead atoms. The molecule has 0 aliphatic carbocycles. The summed E-state index contributed by atoms with van der Waals surface area (Å²) in [6, 6.07) is 13.3. The molecule has 1 aromatic carbocycles. The smallest absolute Gasteiger partial charge is 0.0523 e. The molecular weight excluding hydrogens is 346 g/mol. The maximum Gasteiger partial charge on any atom is 0.0523 e. The summed E-state index contributed by atoms with van der Waals surface area (Å²) in [4.78, 5) is 1.38. The topological polar surface area (TPSA) is 21.3 Å². The summed E-state index contributed by atoms with van der Waals surface area (Å²) in [5.74, 6) is 0. The van der Waals surface area contributed by atoms with Crippen molar-refractivity contribution in [1.29, 1.82) is 0 Å². The van der Waals surface area contributed by atoms with E-state index in [1.165, 1.54) is 14.9 Å². The molecule has 1 unspecified atom stereocenters. The van der Waals surface area contributed by atoms with E-state index in [1.807, 2.05) is 11.3 Å². The molecular formula is C17H20BrNOS. The summed E-state index contributed by atoms with van der Waals surface area (Å²) in [7, 11) is 2.07. The highest BCUT2D eigenvalue weighted by Gasteiger charge is 2.43. The van der Waals surface area contributed by atoms with Crippen LogP contribution < -0.4 is 5.32 Å². The van der Waals surface area contributed by atoms with E-state index in [-0.39, 0.29) is 5.41 Å². The maximum absolute atomic E-state index is 5.65. The van der Waals surface area contributed by atoms with Crippen LogP contribution in [-0.2, 0) is 10.2 Å². The van der Waals surface area contributed by atoms with Crippen LogP contribution in [0.25, 0.3) is 0 Å². The fourth-order valence-corrected chi connectivity index (χ4v) is 5.25. The van der Waals surface area contributed by atoms with Gasteiger partial charge in [0.15, 0.2) is 0 Å². The molecule has 1 atom stereocenters. The van der Waals surface area contributed by atoms with Gasteiger partial charge in [-0.1, -0.05) is 30.3 Å². The quantitative estimate of drug-likeness (QED) is 0.859. The van der Waals surface area contributed by atoms with Crippen molar-refractivity contribution in [2.75, 3.05) is 20.3 Å². The SMILES string of the molecule is CNC(c1sccc1Br)C1(c2ccccc2)CCOCC1. The average Bonchev–Trinajstić information content (AvgIpc) is 2.96. The van der Waals surface area contributed by atoms with Gasteiger partial charge in [-0.2, -0.15) is 0 Å². The second kappa shape index (κ2) is 6.61. The van der Waals surface area contributed by atoms with Crippen molar-refractivity contribution in [3.63, 3.8) is 0 Å². The number of nitrogens with one attached hydrogen (secondary N) is 1. The molecule has 2 heterocycles. The number of rotatable bonds is 4. The van der Waals surface area contributed by atoms with Crippen LogP contribution in [0.15, 0.2) is 46.3 Å². The summed E-state index contributed by atoms with van der Waals surface area (Å²) < 4.78 is 6.85. The Morgan fingerprint density at radius 3 is 2.48 bits per heavy atom. The number of hydrogen-bond acceptors (Lipinski definition) is 3. The molecule has 1 saturated heterocycles. The lowest BCUT2D eigenvalue weighted by Crippen LogP contribution is -2.44. The van der Waals surface area contributed by atoms with Crippen LogP contribution in [0.5, 0.6) is 0 Å². The number of thiophene rings is 1. The Hall–Kier alpha value is -0.680. The summed E-state index contributed by atoms with van der Waals surface area (Å²) >= 11 is 5.53. The Kier molecular flexibility index (Phi) is 4.79. The third kappa shape index (κ3) is 2.82. The minimum Gasteiger partial charge on any atom is -0.381 e. The highest BCUT2D eigenvalue weighted by atomic mass is 79.9. The molecule has 1 aromatic heterocycles.